The van der Waals surface area contributed by atoms with Gasteiger partial charge in [0, 0.05) is 4.47 Å². The summed E-state index contributed by atoms with van der Waals surface area (Å²) in [5, 5.41) is 0. The van der Waals surface area contributed by atoms with Crippen LogP contribution in [0.1, 0.15) is 0 Å². The van der Waals surface area contributed by atoms with E-state index in [9.17, 15) is 16.8 Å². The molecule has 0 bridgehead atoms. The molecule has 0 fully saturated rings. The average molecular weight is 285 g/mol. The lowest BCUT2D eigenvalue weighted by Crippen LogP contribution is -1.86. The highest BCUT2D eigenvalue weighted by Crippen LogP contribution is 2.19. The third-order valence-electron chi connectivity index (χ3n) is 1.34. The van der Waals surface area contributed by atoms with Crippen molar-refractivity contribution in [1.82, 2.24) is 0 Å². The first kappa shape index (κ1) is 10.7. The van der Waals surface area contributed by atoms with Gasteiger partial charge in [0.2, 0.25) is 0 Å². The van der Waals surface area contributed by atoms with Crippen molar-refractivity contribution >= 4 is 37.3 Å². The Labute approximate surface area is 86.6 Å². The second-order valence-corrected chi connectivity index (χ2v) is 5.03. The fraction of sp³-hybridized carbons (Fsp3) is 0. The highest BCUT2D eigenvalue weighted by molar-refractivity contribution is 9.10. The fourth-order valence-corrected chi connectivity index (χ4v) is 2.46. The Morgan fingerprint density at radius 3 is 2.08 bits per heavy atom. The van der Waals surface area contributed by atoms with E-state index in [0.717, 1.165) is 6.07 Å². The zero-order valence-electron chi connectivity index (χ0n) is 6.14. The molecule has 0 N–H and O–H groups in total. The van der Waals surface area contributed by atoms with Crippen molar-refractivity contribution in [2.24, 2.45) is 0 Å². The molecule has 0 atom stereocenters. The van der Waals surface area contributed by atoms with Gasteiger partial charge < -0.3 is 0 Å². The smallest absolute Gasteiger partial charge is 0.169 e. The Morgan fingerprint density at radius 2 is 1.62 bits per heavy atom. The van der Waals surface area contributed by atoms with Gasteiger partial charge in [-0.15, -0.1) is 0 Å². The molecule has 4 nitrogen and oxygen atoms in total. The van der Waals surface area contributed by atoms with Gasteiger partial charge in [0.25, 0.3) is 0 Å². The van der Waals surface area contributed by atoms with E-state index in [1.807, 2.05) is 0 Å². The predicted octanol–water partition coefficient (Wildman–Crippen LogP) is 0.390. The Hall–Kier alpha value is -0.400. The van der Waals surface area contributed by atoms with Gasteiger partial charge >= 0.3 is 0 Å². The van der Waals surface area contributed by atoms with Crippen molar-refractivity contribution in [1.29, 1.82) is 0 Å². The topological polar surface area (TPSA) is 68.3 Å². The van der Waals surface area contributed by atoms with Crippen molar-refractivity contribution in [3.63, 3.8) is 0 Å². The molecule has 0 saturated carbocycles. The van der Waals surface area contributed by atoms with Gasteiger partial charge in [-0.3, -0.25) is 0 Å². The number of hydrogen-bond acceptors (Lipinski definition) is 4. The summed E-state index contributed by atoms with van der Waals surface area (Å²) in [6.07, 6.45) is 0. The summed E-state index contributed by atoms with van der Waals surface area (Å²) in [5.41, 5.74) is 0. The second kappa shape index (κ2) is 4.21. The molecule has 0 heterocycles. The van der Waals surface area contributed by atoms with E-state index in [1.54, 1.807) is 0 Å². The molecule has 0 aromatic heterocycles. The van der Waals surface area contributed by atoms with E-state index in [0.29, 0.717) is 4.47 Å². The highest BCUT2D eigenvalue weighted by atomic mass is 79.9. The van der Waals surface area contributed by atoms with Crippen LogP contribution < -0.4 is 0 Å². The molecular weight excluding hydrogens is 280 g/mol. The maximum atomic E-state index is 10.6. The SMILES string of the molecule is O=[SH](=O)c1ccc(Br)c([SH](=O)=O)c1. The summed E-state index contributed by atoms with van der Waals surface area (Å²) < 4.78 is 42.6. The largest absolute Gasteiger partial charge is 0.227 e. The monoisotopic (exact) mass is 284 g/mol. The molecule has 1 aromatic carbocycles. The quantitative estimate of drug-likeness (QED) is 0.771. The molecule has 0 aliphatic rings. The Bertz CT molecular complexity index is 460. The van der Waals surface area contributed by atoms with Crippen LogP contribution in [0, 0.1) is 0 Å². The molecule has 0 aliphatic carbocycles. The van der Waals surface area contributed by atoms with Crippen LogP contribution in [-0.2, 0) is 21.4 Å². The van der Waals surface area contributed by atoms with E-state index in [-0.39, 0.29) is 9.79 Å². The summed E-state index contributed by atoms with van der Waals surface area (Å²) in [4.78, 5) is -0.0286. The molecule has 0 spiro atoms. The van der Waals surface area contributed by atoms with Crippen LogP contribution in [0.2, 0.25) is 0 Å². The first-order valence-electron chi connectivity index (χ1n) is 3.10. The van der Waals surface area contributed by atoms with E-state index < -0.39 is 21.4 Å². The summed E-state index contributed by atoms with van der Waals surface area (Å²) in [6.45, 7) is 0. The lowest BCUT2D eigenvalue weighted by atomic mass is 10.4. The summed E-state index contributed by atoms with van der Waals surface area (Å²) in [5.74, 6) is 0. The highest BCUT2D eigenvalue weighted by Gasteiger charge is 2.04. The molecule has 0 aliphatic heterocycles. The van der Waals surface area contributed by atoms with Crippen molar-refractivity contribution < 1.29 is 16.8 Å². The van der Waals surface area contributed by atoms with E-state index in [4.69, 9.17) is 0 Å². The first-order valence-corrected chi connectivity index (χ1v) is 6.25. The van der Waals surface area contributed by atoms with Gasteiger partial charge in [0.1, 0.15) is 0 Å². The zero-order valence-corrected chi connectivity index (χ0v) is 9.51. The third-order valence-corrected chi connectivity index (χ3v) is 3.80. The van der Waals surface area contributed by atoms with E-state index in [2.05, 4.69) is 15.9 Å². The Morgan fingerprint density at radius 1 is 1.00 bits per heavy atom. The third kappa shape index (κ3) is 2.52. The molecule has 1 aromatic rings. The lowest BCUT2D eigenvalue weighted by Gasteiger charge is -1.96. The molecule has 0 amide bonds. The van der Waals surface area contributed by atoms with Crippen LogP contribution in [0.5, 0.6) is 0 Å². The second-order valence-electron chi connectivity index (χ2n) is 2.15. The maximum Gasteiger partial charge on any atom is 0.169 e. The average Bonchev–Trinajstić information content (AvgIpc) is 2.04. The van der Waals surface area contributed by atoms with Crippen LogP contribution in [0.15, 0.2) is 32.5 Å². The number of thiol groups is 2. The van der Waals surface area contributed by atoms with Crippen molar-refractivity contribution in [3.05, 3.63) is 22.7 Å². The molecule has 1 rings (SSSR count). The van der Waals surface area contributed by atoms with Crippen molar-refractivity contribution in [3.8, 4) is 0 Å². The zero-order chi connectivity index (χ0) is 10.0. The number of halogens is 1. The van der Waals surface area contributed by atoms with Crippen LogP contribution in [0.4, 0.5) is 0 Å². The minimum absolute atomic E-state index is 0.00704. The maximum absolute atomic E-state index is 10.6. The molecule has 0 radical (unpaired) electrons. The van der Waals surface area contributed by atoms with E-state index in [1.165, 1.54) is 12.1 Å². The molecule has 7 heteroatoms. The van der Waals surface area contributed by atoms with Gasteiger partial charge in [-0.1, -0.05) is 0 Å². The van der Waals surface area contributed by atoms with Crippen LogP contribution in [0.25, 0.3) is 0 Å². The molecule has 0 saturated heterocycles. The van der Waals surface area contributed by atoms with Gasteiger partial charge in [-0.25, -0.2) is 16.8 Å². The lowest BCUT2D eigenvalue weighted by molar-refractivity contribution is 0.612. The Kier molecular flexibility index (Phi) is 3.46. The van der Waals surface area contributed by atoms with E-state index >= 15 is 0 Å². The minimum atomic E-state index is -2.77. The number of rotatable bonds is 2. The minimum Gasteiger partial charge on any atom is -0.227 e. The van der Waals surface area contributed by atoms with Gasteiger partial charge in [0.05, 0.1) is 9.79 Å². The van der Waals surface area contributed by atoms with Gasteiger partial charge in [-0.05, 0) is 34.1 Å². The number of hydrogen-bond donors (Lipinski definition) is 2. The summed E-state index contributed by atoms with van der Waals surface area (Å²) in [6, 6.07) is 3.83. The van der Waals surface area contributed by atoms with Gasteiger partial charge in [-0.2, -0.15) is 0 Å². The first-order chi connectivity index (χ1) is 6.02. The van der Waals surface area contributed by atoms with Gasteiger partial charge in [0.15, 0.2) is 21.4 Å². The van der Waals surface area contributed by atoms with Crippen molar-refractivity contribution in [2.45, 2.75) is 9.79 Å². The fourth-order valence-electron chi connectivity index (χ4n) is 0.755. The standard InChI is InChI=1S/C6H5BrO4S2/c7-5-2-1-4(12(8)9)3-6(5)13(10)11/h1-3,12-13H. The number of benzene rings is 1. The van der Waals surface area contributed by atoms with Crippen LogP contribution >= 0.6 is 15.9 Å². The van der Waals surface area contributed by atoms with Crippen molar-refractivity contribution in [2.75, 3.05) is 0 Å². The van der Waals surface area contributed by atoms with Crippen LogP contribution in [-0.4, -0.2) is 16.8 Å². The summed E-state index contributed by atoms with van der Waals surface area (Å²) >= 11 is 3.00. The summed E-state index contributed by atoms with van der Waals surface area (Å²) in [7, 11) is -5.51. The Balaban J connectivity index is 3.43. The molecule has 72 valence electrons. The molecular formula is C6H5BrO4S2. The predicted molar refractivity (Wildman–Crippen MR) is 51.3 cm³/mol. The van der Waals surface area contributed by atoms with Crippen LogP contribution in [0.3, 0.4) is 0 Å². The molecule has 0 unspecified atom stereocenters. The molecule has 13 heavy (non-hydrogen) atoms. The normalized spacial score (nSPS) is 11.0.